The van der Waals surface area contributed by atoms with Gasteiger partial charge in [-0.3, -0.25) is 9.69 Å². The first-order chi connectivity index (χ1) is 12.5. The van der Waals surface area contributed by atoms with Crippen molar-refractivity contribution in [3.8, 4) is 5.75 Å². The van der Waals surface area contributed by atoms with E-state index in [1.54, 1.807) is 26.2 Å². The highest BCUT2D eigenvalue weighted by Crippen LogP contribution is 2.34. The Labute approximate surface area is 154 Å². The summed E-state index contributed by atoms with van der Waals surface area (Å²) in [5.74, 6) is 0.395. The lowest BCUT2D eigenvalue weighted by molar-refractivity contribution is -0.121. The number of halogens is 1. The van der Waals surface area contributed by atoms with Gasteiger partial charge in [0.15, 0.2) is 0 Å². The molecule has 0 bridgehead atoms. The molecule has 0 unspecified atom stereocenters. The molecule has 1 N–H and O–H groups in total. The summed E-state index contributed by atoms with van der Waals surface area (Å²) >= 11 is 0. The van der Waals surface area contributed by atoms with Crippen LogP contribution in [0.1, 0.15) is 36.9 Å². The summed E-state index contributed by atoms with van der Waals surface area (Å²) in [7, 11) is 1.65. The molecule has 1 aliphatic rings. The van der Waals surface area contributed by atoms with Crippen LogP contribution in [0.15, 0.2) is 42.5 Å². The summed E-state index contributed by atoms with van der Waals surface area (Å²) in [4.78, 5) is 14.9. The molecule has 0 radical (unpaired) electrons. The van der Waals surface area contributed by atoms with Gasteiger partial charge in [0.1, 0.15) is 11.6 Å². The molecular formula is C21H25FN2O2. The minimum absolute atomic E-state index is 0.117. The highest BCUT2D eigenvalue weighted by atomic mass is 19.1. The van der Waals surface area contributed by atoms with E-state index in [1.165, 1.54) is 11.6 Å². The van der Waals surface area contributed by atoms with Crippen LogP contribution in [0.3, 0.4) is 0 Å². The molecule has 1 fully saturated rings. The molecule has 0 aromatic heterocycles. The van der Waals surface area contributed by atoms with Crippen molar-refractivity contribution in [1.29, 1.82) is 0 Å². The van der Waals surface area contributed by atoms with E-state index in [4.69, 9.17) is 4.74 Å². The van der Waals surface area contributed by atoms with Crippen LogP contribution in [-0.2, 0) is 4.79 Å². The summed E-state index contributed by atoms with van der Waals surface area (Å²) < 4.78 is 18.9. The second-order valence-corrected chi connectivity index (χ2v) is 6.80. The quantitative estimate of drug-likeness (QED) is 0.868. The van der Waals surface area contributed by atoms with Crippen LogP contribution in [0.5, 0.6) is 5.75 Å². The van der Waals surface area contributed by atoms with Gasteiger partial charge in [0.05, 0.1) is 13.2 Å². The Kier molecular flexibility index (Phi) is 5.57. The molecule has 1 heterocycles. The fourth-order valence-electron chi connectivity index (χ4n) is 3.50. The number of methoxy groups -OCH3 is 1. The van der Waals surface area contributed by atoms with Crippen molar-refractivity contribution in [2.24, 2.45) is 0 Å². The normalized spacial score (nSPS) is 18.5. The standard InChI is InChI=1S/C21H25FN2O2/c1-14-6-9-17(13-19(14)22)23-21(25)15(2)24-12-4-5-20(24)16-7-10-18(26-3)11-8-16/h6-11,13,15,20H,4-5,12H2,1-3H3,(H,23,25)/t15-,20-/m1/s1. The van der Waals surface area contributed by atoms with Crippen molar-refractivity contribution in [3.05, 3.63) is 59.4 Å². The average Bonchev–Trinajstić information content (AvgIpc) is 3.14. The van der Waals surface area contributed by atoms with E-state index >= 15 is 0 Å². The smallest absolute Gasteiger partial charge is 0.241 e. The number of hydrogen-bond donors (Lipinski definition) is 1. The predicted molar refractivity (Wildman–Crippen MR) is 101 cm³/mol. The number of rotatable bonds is 5. The summed E-state index contributed by atoms with van der Waals surface area (Å²) in [5, 5.41) is 2.84. The number of carbonyl (C=O) groups excluding carboxylic acids is 1. The number of aryl methyl sites for hydroxylation is 1. The molecule has 138 valence electrons. The summed E-state index contributed by atoms with van der Waals surface area (Å²) in [6.07, 6.45) is 2.07. The number of nitrogens with zero attached hydrogens (tertiary/aromatic N) is 1. The minimum atomic E-state index is -0.312. The van der Waals surface area contributed by atoms with Crippen molar-refractivity contribution in [2.45, 2.75) is 38.8 Å². The van der Waals surface area contributed by atoms with Crippen LogP contribution < -0.4 is 10.1 Å². The zero-order valence-corrected chi connectivity index (χ0v) is 15.5. The molecule has 26 heavy (non-hydrogen) atoms. The molecule has 5 heteroatoms. The van der Waals surface area contributed by atoms with Crippen LogP contribution >= 0.6 is 0 Å². The van der Waals surface area contributed by atoms with Crippen LogP contribution in [0, 0.1) is 12.7 Å². The van der Waals surface area contributed by atoms with Crippen molar-refractivity contribution < 1.29 is 13.9 Å². The fourth-order valence-corrected chi connectivity index (χ4v) is 3.50. The zero-order valence-electron chi connectivity index (χ0n) is 15.5. The highest BCUT2D eigenvalue weighted by Gasteiger charge is 2.33. The average molecular weight is 356 g/mol. The van der Waals surface area contributed by atoms with Gasteiger partial charge in [-0.25, -0.2) is 4.39 Å². The van der Waals surface area contributed by atoms with Gasteiger partial charge in [0, 0.05) is 11.7 Å². The van der Waals surface area contributed by atoms with Crippen molar-refractivity contribution in [3.63, 3.8) is 0 Å². The molecule has 1 amide bonds. The van der Waals surface area contributed by atoms with Crippen LogP contribution in [0.2, 0.25) is 0 Å². The number of amides is 1. The Morgan fingerprint density at radius 3 is 2.65 bits per heavy atom. The van der Waals surface area contributed by atoms with Gasteiger partial charge in [-0.05, 0) is 68.6 Å². The van der Waals surface area contributed by atoms with Crippen LogP contribution in [0.25, 0.3) is 0 Å². The molecule has 0 spiro atoms. The third kappa shape index (κ3) is 3.88. The Hall–Kier alpha value is -2.40. The Bertz CT molecular complexity index is 776. The van der Waals surface area contributed by atoms with E-state index in [0.717, 1.165) is 25.1 Å². The third-order valence-corrected chi connectivity index (χ3v) is 5.11. The minimum Gasteiger partial charge on any atom is -0.497 e. The lowest BCUT2D eigenvalue weighted by atomic mass is 10.0. The van der Waals surface area contributed by atoms with E-state index in [9.17, 15) is 9.18 Å². The lowest BCUT2D eigenvalue weighted by Gasteiger charge is -2.30. The van der Waals surface area contributed by atoms with Crippen LogP contribution in [-0.4, -0.2) is 30.5 Å². The number of nitrogens with one attached hydrogen (secondary N) is 1. The SMILES string of the molecule is COc1ccc([C@H]2CCCN2[C@H](C)C(=O)Nc2ccc(C)c(F)c2)cc1. The molecule has 2 aromatic rings. The van der Waals surface area contributed by atoms with Crippen molar-refractivity contribution in [1.82, 2.24) is 4.90 Å². The second-order valence-electron chi connectivity index (χ2n) is 6.80. The van der Waals surface area contributed by atoms with Crippen LogP contribution in [0.4, 0.5) is 10.1 Å². The van der Waals surface area contributed by atoms with E-state index in [0.29, 0.717) is 11.3 Å². The highest BCUT2D eigenvalue weighted by molar-refractivity contribution is 5.94. The van der Waals surface area contributed by atoms with Gasteiger partial charge in [-0.1, -0.05) is 18.2 Å². The molecule has 4 nitrogen and oxygen atoms in total. The van der Waals surface area contributed by atoms with Gasteiger partial charge in [-0.2, -0.15) is 0 Å². The van der Waals surface area contributed by atoms with Crippen molar-refractivity contribution in [2.75, 3.05) is 19.0 Å². The molecule has 3 rings (SSSR count). The summed E-state index contributed by atoms with van der Waals surface area (Å²) in [6.45, 7) is 4.47. The molecule has 1 aliphatic heterocycles. The number of ether oxygens (including phenoxy) is 1. The monoisotopic (exact) mass is 356 g/mol. The van der Waals surface area contributed by atoms with E-state index in [2.05, 4.69) is 22.3 Å². The Balaban J connectivity index is 1.71. The van der Waals surface area contributed by atoms with E-state index < -0.39 is 0 Å². The molecular weight excluding hydrogens is 331 g/mol. The summed E-state index contributed by atoms with van der Waals surface area (Å²) in [5.41, 5.74) is 2.24. The number of carbonyl (C=O) groups is 1. The van der Waals surface area contributed by atoms with Crippen molar-refractivity contribution >= 4 is 11.6 Å². The fraction of sp³-hybridized carbons (Fsp3) is 0.381. The summed E-state index contributed by atoms with van der Waals surface area (Å²) in [6, 6.07) is 12.7. The van der Waals surface area contributed by atoms with Gasteiger partial charge < -0.3 is 10.1 Å². The van der Waals surface area contributed by atoms with Gasteiger partial charge >= 0.3 is 0 Å². The Morgan fingerprint density at radius 2 is 2.00 bits per heavy atom. The Morgan fingerprint density at radius 1 is 1.27 bits per heavy atom. The number of anilines is 1. The first-order valence-corrected chi connectivity index (χ1v) is 8.96. The van der Waals surface area contributed by atoms with Gasteiger partial charge in [0.25, 0.3) is 0 Å². The molecule has 0 saturated carbocycles. The molecule has 2 atom stereocenters. The second kappa shape index (κ2) is 7.87. The number of likely N-dealkylation sites (tertiary alicyclic amines) is 1. The lowest BCUT2D eigenvalue weighted by Crippen LogP contribution is -2.41. The predicted octanol–water partition coefficient (Wildman–Crippen LogP) is 4.31. The largest absolute Gasteiger partial charge is 0.497 e. The maximum atomic E-state index is 13.7. The first-order valence-electron chi connectivity index (χ1n) is 8.96. The van der Waals surface area contributed by atoms with Gasteiger partial charge in [0.2, 0.25) is 5.91 Å². The maximum Gasteiger partial charge on any atom is 0.241 e. The van der Waals surface area contributed by atoms with Gasteiger partial charge in [-0.15, -0.1) is 0 Å². The molecule has 0 aliphatic carbocycles. The third-order valence-electron chi connectivity index (χ3n) is 5.11. The maximum absolute atomic E-state index is 13.7. The van der Waals surface area contributed by atoms with E-state index in [-0.39, 0.29) is 23.8 Å². The molecule has 2 aromatic carbocycles. The first kappa shape index (κ1) is 18.4. The number of hydrogen-bond acceptors (Lipinski definition) is 3. The van der Waals surface area contributed by atoms with E-state index in [1.807, 2.05) is 19.1 Å². The topological polar surface area (TPSA) is 41.6 Å². The number of benzene rings is 2. The zero-order chi connectivity index (χ0) is 18.7. The molecule has 1 saturated heterocycles.